The summed E-state index contributed by atoms with van der Waals surface area (Å²) in [5.74, 6) is -0.780. The fourth-order valence-electron chi connectivity index (χ4n) is 4.38. The molecule has 32 heavy (non-hydrogen) atoms. The van der Waals surface area contributed by atoms with Crippen molar-refractivity contribution in [2.75, 3.05) is 12.0 Å². The van der Waals surface area contributed by atoms with Gasteiger partial charge in [0.1, 0.15) is 5.25 Å². The topological polar surface area (TPSA) is 88.6 Å². The van der Waals surface area contributed by atoms with Gasteiger partial charge in [-0.3, -0.25) is 14.6 Å². The molecule has 5 rings (SSSR count). The number of ether oxygens (including phenoxy) is 1. The van der Waals surface area contributed by atoms with Crippen LogP contribution in [0.2, 0.25) is 5.02 Å². The van der Waals surface area contributed by atoms with E-state index in [9.17, 15) is 14.4 Å². The Morgan fingerprint density at radius 1 is 1.28 bits per heavy atom. The van der Waals surface area contributed by atoms with Gasteiger partial charge in [-0.15, -0.1) is 11.8 Å². The summed E-state index contributed by atoms with van der Waals surface area (Å²) in [6.07, 6.45) is 5.78. The van der Waals surface area contributed by atoms with E-state index in [-0.39, 0.29) is 23.7 Å². The number of pyridine rings is 1. The highest BCUT2D eigenvalue weighted by Gasteiger charge is 2.48. The van der Waals surface area contributed by atoms with Crippen LogP contribution >= 0.6 is 23.4 Å². The molecule has 1 N–H and O–H groups in total. The summed E-state index contributed by atoms with van der Waals surface area (Å²) in [5, 5.41) is 3.03. The number of urea groups is 1. The van der Waals surface area contributed by atoms with Crippen LogP contribution in [0.1, 0.15) is 29.0 Å². The number of carbonyl (C=O) groups excluding carboxylic acids is 3. The minimum Gasteiger partial charge on any atom is -0.469 e. The lowest BCUT2D eigenvalue weighted by molar-refractivity contribution is -0.142. The van der Waals surface area contributed by atoms with Crippen LogP contribution in [-0.2, 0) is 14.3 Å². The normalized spacial score (nSPS) is 26.3. The molecule has 1 aromatic carbocycles. The zero-order valence-corrected chi connectivity index (χ0v) is 18.9. The molecule has 1 aliphatic carbocycles. The molecule has 1 aromatic heterocycles. The number of amides is 3. The number of thioether (sulfide) groups is 1. The Morgan fingerprint density at radius 3 is 2.81 bits per heavy atom. The van der Waals surface area contributed by atoms with Crippen LogP contribution in [0.5, 0.6) is 0 Å². The van der Waals surface area contributed by atoms with Crippen LogP contribution in [0, 0.1) is 12.8 Å². The minimum absolute atomic E-state index is 0.0139. The molecule has 0 bridgehead atoms. The Bertz CT molecular complexity index is 1180. The van der Waals surface area contributed by atoms with E-state index in [0.717, 1.165) is 21.6 Å². The van der Waals surface area contributed by atoms with E-state index >= 15 is 0 Å². The fourth-order valence-corrected chi connectivity index (χ4v) is 5.97. The zero-order chi connectivity index (χ0) is 22.6. The molecular formula is C23H20ClN3O4S. The number of esters is 1. The Kier molecular flexibility index (Phi) is 5.22. The SMILES string of the molecule is COC(=O)[C@H]1C[C@@H]1c1cncc(N2C(=O)NC3C=C(c4ccccc4Cl)SC3C2=O)c1C. The summed E-state index contributed by atoms with van der Waals surface area (Å²) in [4.78, 5) is 44.5. The second kappa shape index (κ2) is 7.94. The van der Waals surface area contributed by atoms with E-state index in [1.165, 1.54) is 30.0 Å². The summed E-state index contributed by atoms with van der Waals surface area (Å²) in [6.45, 7) is 1.85. The van der Waals surface area contributed by atoms with Gasteiger partial charge in [-0.1, -0.05) is 29.8 Å². The maximum atomic E-state index is 13.4. The van der Waals surface area contributed by atoms with Crippen molar-refractivity contribution in [3.05, 3.63) is 64.4 Å². The summed E-state index contributed by atoms with van der Waals surface area (Å²) in [5.41, 5.74) is 2.89. The number of halogens is 1. The van der Waals surface area contributed by atoms with Crippen molar-refractivity contribution in [3.8, 4) is 0 Å². The van der Waals surface area contributed by atoms with Crippen LogP contribution in [0.15, 0.2) is 42.7 Å². The fraction of sp³-hybridized carbons (Fsp3) is 0.304. The van der Waals surface area contributed by atoms with Gasteiger partial charge >= 0.3 is 12.0 Å². The molecule has 3 amide bonds. The Hall–Kier alpha value is -2.84. The number of methoxy groups -OCH3 is 1. The van der Waals surface area contributed by atoms with Gasteiger partial charge in [0, 0.05) is 21.7 Å². The number of aromatic nitrogens is 1. The first-order valence-electron chi connectivity index (χ1n) is 10.2. The maximum Gasteiger partial charge on any atom is 0.329 e. The number of rotatable bonds is 4. The predicted octanol–water partition coefficient (Wildman–Crippen LogP) is 3.90. The average molecular weight is 470 g/mol. The molecule has 2 unspecified atom stereocenters. The van der Waals surface area contributed by atoms with E-state index in [1.807, 2.05) is 31.2 Å². The summed E-state index contributed by atoms with van der Waals surface area (Å²) >= 11 is 7.73. The van der Waals surface area contributed by atoms with Gasteiger partial charge in [-0.05, 0) is 42.5 Å². The highest BCUT2D eigenvalue weighted by molar-refractivity contribution is 8.09. The van der Waals surface area contributed by atoms with E-state index in [0.29, 0.717) is 17.1 Å². The van der Waals surface area contributed by atoms with Crippen molar-refractivity contribution in [1.82, 2.24) is 10.3 Å². The summed E-state index contributed by atoms with van der Waals surface area (Å²) < 4.78 is 4.84. The van der Waals surface area contributed by atoms with Crippen LogP contribution < -0.4 is 10.2 Å². The third-order valence-corrected chi connectivity index (χ3v) is 7.86. The maximum absolute atomic E-state index is 13.4. The number of imide groups is 1. The number of nitrogens with zero attached hydrogens (tertiary/aromatic N) is 2. The molecule has 1 saturated heterocycles. The minimum atomic E-state index is -0.495. The number of anilines is 1. The number of hydrogen-bond acceptors (Lipinski definition) is 6. The van der Waals surface area contributed by atoms with Crippen molar-refractivity contribution >= 4 is 51.9 Å². The van der Waals surface area contributed by atoms with Crippen LogP contribution in [0.3, 0.4) is 0 Å². The van der Waals surface area contributed by atoms with E-state index < -0.39 is 17.3 Å². The number of carbonyl (C=O) groups is 3. The Balaban J connectivity index is 1.42. The number of hydrogen-bond donors (Lipinski definition) is 1. The van der Waals surface area contributed by atoms with Gasteiger partial charge in [-0.2, -0.15) is 0 Å². The van der Waals surface area contributed by atoms with Gasteiger partial charge in [0.15, 0.2) is 0 Å². The average Bonchev–Trinajstić information content (AvgIpc) is 3.46. The molecule has 0 spiro atoms. The molecule has 4 atom stereocenters. The van der Waals surface area contributed by atoms with E-state index in [2.05, 4.69) is 10.3 Å². The number of fused-ring (bicyclic) bond motifs is 1. The molecule has 3 aliphatic rings. The van der Waals surface area contributed by atoms with Gasteiger partial charge < -0.3 is 10.1 Å². The van der Waals surface area contributed by atoms with Gasteiger partial charge in [-0.25, -0.2) is 9.69 Å². The molecule has 2 aromatic rings. The molecule has 3 heterocycles. The molecule has 2 fully saturated rings. The highest BCUT2D eigenvalue weighted by Crippen LogP contribution is 2.50. The van der Waals surface area contributed by atoms with E-state index in [4.69, 9.17) is 16.3 Å². The van der Waals surface area contributed by atoms with Gasteiger partial charge in [0.25, 0.3) is 5.91 Å². The lowest BCUT2D eigenvalue weighted by atomic mass is 10.0. The Morgan fingerprint density at radius 2 is 2.06 bits per heavy atom. The lowest BCUT2D eigenvalue weighted by Crippen LogP contribution is -2.60. The Labute approximate surface area is 194 Å². The third kappa shape index (κ3) is 3.38. The van der Waals surface area contributed by atoms with Crippen molar-refractivity contribution in [3.63, 3.8) is 0 Å². The summed E-state index contributed by atoms with van der Waals surface area (Å²) in [6, 6.07) is 6.53. The third-order valence-electron chi connectivity index (χ3n) is 6.17. The molecule has 0 radical (unpaired) electrons. The zero-order valence-electron chi connectivity index (χ0n) is 17.4. The standard InChI is InChI=1S/C23H20ClN3O4S/c1-11-15(13-7-14(13)22(29)31-2)9-25-10-18(11)27-21(28)20-17(26-23(27)30)8-19(32-20)12-5-3-4-6-16(12)24/h3-6,8-10,13-14,17,20H,7H2,1-2H3,(H,26,30)/t13-,14-,17?,20?/m0/s1. The number of nitrogens with one attached hydrogen (secondary N) is 1. The molecule has 7 nitrogen and oxygen atoms in total. The van der Waals surface area contributed by atoms with E-state index in [1.54, 1.807) is 12.3 Å². The van der Waals surface area contributed by atoms with Gasteiger partial charge in [0.2, 0.25) is 0 Å². The number of benzene rings is 1. The smallest absolute Gasteiger partial charge is 0.329 e. The first-order chi connectivity index (χ1) is 15.4. The van der Waals surface area contributed by atoms with Crippen molar-refractivity contribution in [1.29, 1.82) is 0 Å². The molecule has 1 saturated carbocycles. The largest absolute Gasteiger partial charge is 0.469 e. The monoisotopic (exact) mass is 469 g/mol. The van der Waals surface area contributed by atoms with Gasteiger partial charge in [0.05, 0.1) is 31.0 Å². The van der Waals surface area contributed by atoms with Crippen molar-refractivity contribution in [2.24, 2.45) is 5.92 Å². The molecule has 164 valence electrons. The van der Waals surface area contributed by atoms with Crippen molar-refractivity contribution in [2.45, 2.75) is 30.6 Å². The predicted molar refractivity (Wildman–Crippen MR) is 122 cm³/mol. The second-order valence-electron chi connectivity index (χ2n) is 8.04. The van der Waals surface area contributed by atoms with Crippen molar-refractivity contribution < 1.29 is 19.1 Å². The first kappa shape index (κ1) is 21.0. The van der Waals surface area contributed by atoms with Crippen LogP contribution in [-0.4, -0.2) is 41.3 Å². The molecule has 9 heteroatoms. The second-order valence-corrected chi connectivity index (χ2v) is 9.63. The lowest BCUT2D eigenvalue weighted by Gasteiger charge is -2.33. The molecular weight excluding hydrogens is 450 g/mol. The highest BCUT2D eigenvalue weighted by atomic mass is 35.5. The molecule has 2 aliphatic heterocycles. The van der Waals surface area contributed by atoms with Crippen LogP contribution in [0.25, 0.3) is 4.91 Å². The summed E-state index contributed by atoms with van der Waals surface area (Å²) in [7, 11) is 1.37. The quantitative estimate of drug-likeness (QED) is 0.683. The van der Waals surface area contributed by atoms with Crippen LogP contribution in [0.4, 0.5) is 10.5 Å². The first-order valence-corrected chi connectivity index (χ1v) is 11.5.